The number of hydrogen-bond donors (Lipinski definition) is 0. The van der Waals surface area contributed by atoms with Crippen molar-refractivity contribution in [3.05, 3.63) is 65.0 Å². The maximum Gasteiger partial charge on any atom is 0.127 e. The normalized spacial score (nSPS) is 13.8. The van der Waals surface area contributed by atoms with Crippen molar-refractivity contribution in [2.75, 3.05) is 13.7 Å². The van der Waals surface area contributed by atoms with Crippen LogP contribution in [0.1, 0.15) is 18.1 Å². The van der Waals surface area contributed by atoms with E-state index in [2.05, 4.69) is 0 Å². The molecule has 0 radical (unpaired) electrons. The van der Waals surface area contributed by atoms with Crippen LogP contribution in [0.2, 0.25) is 0 Å². The van der Waals surface area contributed by atoms with E-state index in [1.807, 2.05) is 25.1 Å². The molecule has 0 bridgehead atoms. The zero-order valence-electron chi connectivity index (χ0n) is 11.4. The molecule has 2 aromatic rings. The van der Waals surface area contributed by atoms with Crippen LogP contribution in [0.5, 0.6) is 11.5 Å². The SMILES string of the molecule is COc1ccc2c(c1)C(c1ccc(F)cc1)=C(C)CO2. The third-order valence-corrected chi connectivity index (χ3v) is 3.46. The number of benzene rings is 2. The third kappa shape index (κ3) is 2.16. The molecule has 0 spiro atoms. The van der Waals surface area contributed by atoms with Crippen molar-refractivity contribution in [3.8, 4) is 11.5 Å². The summed E-state index contributed by atoms with van der Waals surface area (Å²) in [6.07, 6.45) is 0. The molecule has 0 fully saturated rings. The van der Waals surface area contributed by atoms with E-state index in [9.17, 15) is 4.39 Å². The molecule has 3 heteroatoms. The molecule has 1 aliphatic heterocycles. The van der Waals surface area contributed by atoms with E-state index in [1.54, 1.807) is 19.2 Å². The van der Waals surface area contributed by atoms with Gasteiger partial charge in [-0.25, -0.2) is 4.39 Å². The smallest absolute Gasteiger partial charge is 0.127 e. The number of methoxy groups -OCH3 is 1. The second kappa shape index (κ2) is 5.00. The first-order valence-corrected chi connectivity index (χ1v) is 6.46. The fraction of sp³-hybridized carbons (Fsp3) is 0.176. The van der Waals surface area contributed by atoms with Crippen LogP contribution in [0, 0.1) is 5.82 Å². The van der Waals surface area contributed by atoms with E-state index in [0.29, 0.717) is 6.61 Å². The van der Waals surface area contributed by atoms with E-state index in [4.69, 9.17) is 9.47 Å². The molecule has 3 rings (SSSR count). The Morgan fingerprint density at radius 2 is 1.85 bits per heavy atom. The fourth-order valence-electron chi connectivity index (χ4n) is 2.46. The van der Waals surface area contributed by atoms with Crippen LogP contribution in [0.4, 0.5) is 4.39 Å². The largest absolute Gasteiger partial charge is 0.497 e. The summed E-state index contributed by atoms with van der Waals surface area (Å²) >= 11 is 0. The number of ether oxygens (including phenoxy) is 2. The summed E-state index contributed by atoms with van der Waals surface area (Å²) < 4.78 is 24.1. The van der Waals surface area contributed by atoms with Crippen LogP contribution in [0.15, 0.2) is 48.0 Å². The molecule has 0 amide bonds. The van der Waals surface area contributed by atoms with Crippen LogP contribution in [-0.2, 0) is 0 Å². The summed E-state index contributed by atoms with van der Waals surface area (Å²) in [7, 11) is 1.64. The van der Waals surface area contributed by atoms with Crippen molar-refractivity contribution < 1.29 is 13.9 Å². The first-order chi connectivity index (χ1) is 9.69. The Bertz CT molecular complexity index is 672. The Morgan fingerprint density at radius 1 is 1.10 bits per heavy atom. The quantitative estimate of drug-likeness (QED) is 0.819. The lowest BCUT2D eigenvalue weighted by atomic mass is 9.91. The Labute approximate surface area is 117 Å². The molecule has 1 heterocycles. The van der Waals surface area contributed by atoms with Crippen LogP contribution in [0.25, 0.3) is 5.57 Å². The Kier molecular flexibility index (Phi) is 3.18. The van der Waals surface area contributed by atoms with E-state index in [-0.39, 0.29) is 5.82 Å². The van der Waals surface area contributed by atoms with E-state index >= 15 is 0 Å². The maximum atomic E-state index is 13.1. The molecule has 102 valence electrons. The highest BCUT2D eigenvalue weighted by molar-refractivity contribution is 5.86. The molecular formula is C17H15FO2. The van der Waals surface area contributed by atoms with Crippen molar-refractivity contribution in [3.63, 3.8) is 0 Å². The summed E-state index contributed by atoms with van der Waals surface area (Å²) in [5.41, 5.74) is 4.18. The van der Waals surface area contributed by atoms with Crippen LogP contribution >= 0.6 is 0 Å². The zero-order chi connectivity index (χ0) is 14.1. The third-order valence-electron chi connectivity index (χ3n) is 3.46. The van der Waals surface area contributed by atoms with Gasteiger partial charge in [0, 0.05) is 5.56 Å². The van der Waals surface area contributed by atoms with Gasteiger partial charge in [0.2, 0.25) is 0 Å². The highest BCUT2D eigenvalue weighted by Crippen LogP contribution is 2.39. The predicted octanol–water partition coefficient (Wildman–Crippen LogP) is 4.05. The molecule has 0 aliphatic carbocycles. The molecule has 0 atom stereocenters. The molecule has 2 nitrogen and oxygen atoms in total. The van der Waals surface area contributed by atoms with Crippen molar-refractivity contribution in [2.45, 2.75) is 6.92 Å². The molecule has 0 unspecified atom stereocenters. The van der Waals surface area contributed by atoms with E-state index < -0.39 is 0 Å². The maximum absolute atomic E-state index is 13.1. The number of halogens is 1. The van der Waals surface area contributed by atoms with Crippen molar-refractivity contribution in [1.29, 1.82) is 0 Å². The highest BCUT2D eigenvalue weighted by Gasteiger charge is 2.20. The highest BCUT2D eigenvalue weighted by atomic mass is 19.1. The average molecular weight is 270 g/mol. The van der Waals surface area contributed by atoms with Crippen LogP contribution in [-0.4, -0.2) is 13.7 Å². The first kappa shape index (κ1) is 12.7. The summed E-state index contributed by atoms with van der Waals surface area (Å²) in [5.74, 6) is 1.38. The van der Waals surface area contributed by atoms with Gasteiger partial charge in [-0.3, -0.25) is 0 Å². The summed E-state index contributed by atoms with van der Waals surface area (Å²) in [6.45, 7) is 2.58. The average Bonchev–Trinajstić information content (AvgIpc) is 2.48. The van der Waals surface area contributed by atoms with Gasteiger partial charge in [-0.05, 0) is 54.0 Å². The lowest BCUT2D eigenvalue weighted by molar-refractivity contribution is 0.344. The topological polar surface area (TPSA) is 18.5 Å². The monoisotopic (exact) mass is 270 g/mol. The fourth-order valence-corrected chi connectivity index (χ4v) is 2.46. The number of rotatable bonds is 2. The van der Waals surface area contributed by atoms with Gasteiger partial charge >= 0.3 is 0 Å². The van der Waals surface area contributed by atoms with Crippen LogP contribution in [0.3, 0.4) is 0 Å². The Morgan fingerprint density at radius 3 is 2.55 bits per heavy atom. The molecule has 20 heavy (non-hydrogen) atoms. The lowest BCUT2D eigenvalue weighted by Crippen LogP contribution is -2.10. The Hall–Kier alpha value is -2.29. The standard InChI is InChI=1S/C17H15FO2/c1-11-10-20-16-8-7-14(19-2)9-15(16)17(11)12-3-5-13(18)6-4-12/h3-9H,10H2,1-2H3. The molecule has 2 aromatic carbocycles. The number of fused-ring (bicyclic) bond motifs is 1. The van der Waals surface area contributed by atoms with Gasteiger partial charge < -0.3 is 9.47 Å². The van der Waals surface area contributed by atoms with Gasteiger partial charge in [-0.15, -0.1) is 0 Å². The van der Waals surface area contributed by atoms with E-state index in [0.717, 1.165) is 33.8 Å². The van der Waals surface area contributed by atoms with Gasteiger partial charge in [0.25, 0.3) is 0 Å². The molecule has 0 aromatic heterocycles. The second-order valence-electron chi connectivity index (χ2n) is 4.81. The van der Waals surface area contributed by atoms with Crippen LogP contribution < -0.4 is 9.47 Å². The van der Waals surface area contributed by atoms with E-state index in [1.165, 1.54) is 12.1 Å². The van der Waals surface area contributed by atoms with Gasteiger partial charge in [0.15, 0.2) is 0 Å². The molecule has 0 saturated carbocycles. The van der Waals surface area contributed by atoms with Crippen molar-refractivity contribution in [2.24, 2.45) is 0 Å². The second-order valence-corrected chi connectivity index (χ2v) is 4.81. The lowest BCUT2D eigenvalue weighted by Gasteiger charge is -2.23. The van der Waals surface area contributed by atoms with Gasteiger partial charge in [-0.1, -0.05) is 12.1 Å². The molecule has 0 N–H and O–H groups in total. The molecular weight excluding hydrogens is 255 g/mol. The number of hydrogen-bond acceptors (Lipinski definition) is 2. The summed E-state index contributed by atoms with van der Waals surface area (Å²) in [6, 6.07) is 12.3. The minimum absolute atomic E-state index is 0.232. The van der Waals surface area contributed by atoms with Crippen molar-refractivity contribution >= 4 is 5.57 Å². The van der Waals surface area contributed by atoms with Gasteiger partial charge in [-0.2, -0.15) is 0 Å². The minimum atomic E-state index is -0.232. The predicted molar refractivity (Wildman–Crippen MR) is 76.6 cm³/mol. The molecule has 0 saturated heterocycles. The molecule has 1 aliphatic rings. The minimum Gasteiger partial charge on any atom is -0.497 e. The van der Waals surface area contributed by atoms with Gasteiger partial charge in [0.1, 0.15) is 23.9 Å². The Balaban J connectivity index is 2.17. The van der Waals surface area contributed by atoms with Gasteiger partial charge in [0.05, 0.1) is 7.11 Å². The summed E-state index contributed by atoms with van der Waals surface area (Å²) in [5, 5.41) is 0. The zero-order valence-corrected chi connectivity index (χ0v) is 11.4. The van der Waals surface area contributed by atoms with Crippen molar-refractivity contribution in [1.82, 2.24) is 0 Å². The summed E-state index contributed by atoms with van der Waals surface area (Å²) in [4.78, 5) is 0. The first-order valence-electron chi connectivity index (χ1n) is 6.46.